The summed E-state index contributed by atoms with van der Waals surface area (Å²) in [6, 6.07) is 3.10. The number of rotatable bonds is 5. The van der Waals surface area contributed by atoms with Gasteiger partial charge >= 0.3 is 0 Å². The largest absolute Gasteiger partial charge is 0.392 e. The topological polar surface area (TPSA) is 75.6 Å². The maximum atomic E-state index is 13.2. The van der Waals surface area contributed by atoms with E-state index in [0.29, 0.717) is 12.8 Å². The first kappa shape index (κ1) is 14.4. The fraction of sp³-hybridized carbons (Fsp3) is 0.500. The average molecular weight is 289 g/mol. The van der Waals surface area contributed by atoms with E-state index in [1.807, 2.05) is 0 Å². The number of ether oxygens (including phenoxy) is 1. The molecule has 0 aliphatic heterocycles. The van der Waals surface area contributed by atoms with Crippen molar-refractivity contribution in [2.24, 2.45) is 0 Å². The molecule has 1 aliphatic rings. The van der Waals surface area contributed by atoms with Gasteiger partial charge in [0.25, 0.3) is 0 Å². The Kier molecular flexibility index (Phi) is 4.19. The molecule has 0 bridgehead atoms. The summed E-state index contributed by atoms with van der Waals surface area (Å²) in [4.78, 5) is -0.212. The summed E-state index contributed by atoms with van der Waals surface area (Å²) < 4.78 is 45.0. The Morgan fingerprint density at radius 1 is 1.47 bits per heavy atom. The highest BCUT2D eigenvalue weighted by Gasteiger charge is 2.33. The molecule has 0 saturated heterocycles. The molecule has 0 amide bonds. The first-order valence-corrected chi connectivity index (χ1v) is 7.39. The van der Waals surface area contributed by atoms with Crippen LogP contribution in [0.4, 0.5) is 4.39 Å². The zero-order valence-corrected chi connectivity index (χ0v) is 11.3. The summed E-state index contributed by atoms with van der Waals surface area (Å²) >= 11 is 0. The van der Waals surface area contributed by atoms with Gasteiger partial charge < -0.3 is 9.84 Å². The Morgan fingerprint density at radius 2 is 2.16 bits per heavy atom. The molecule has 1 aromatic carbocycles. The number of sulfonamides is 1. The van der Waals surface area contributed by atoms with Gasteiger partial charge in [0.1, 0.15) is 5.82 Å². The van der Waals surface area contributed by atoms with Crippen LogP contribution in [0.3, 0.4) is 0 Å². The Bertz CT molecular complexity index is 555. The molecule has 0 atom stereocenters. The van der Waals surface area contributed by atoms with Crippen LogP contribution in [-0.4, -0.2) is 32.8 Å². The van der Waals surface area contributed by atoms with Crippen LogP contribution in [0.25, 0.3) is 0 Å². The van der Waals surface area contributed by atoms with E-state index in [0.717, 1.165) is 12.1 Å². The van der Waals surface area contributed by atoms with Gasteiger partial charge in [0.15, 0.2) is 0 Å². The molecule has 7 heteroatoms. The summed E-state index contributed by atoms with van der Waals surface area (Å²) in [6.07, 6.45) is 1.26. The van der Waals surface area contributed by atoms with Crippen molar-refractivity contribution in [3.63, 3.8) is 0 Å². The van der Waals surface area contributed by atoms with Crippen LogP contribution >= 0.6 is 0 Å². The van der Waals surface area contributed by atoms with E-state index in [1.165, 1.54) is 6.07 Å². The molecular weight excluding hydrogens is 273 g/mol. The predicted molar refractivity (Wildman–Crippen MR) is 66.5 cm³/mol. The van der Waals surface area contributed by atoms with Gasteiger partial charge in [-0.1, -0.05) is 6.07 Å². The van der Waals surface area contributed by atoms with E-state index in [2.05, 4.69) is 4.72 Å². The van der Waals surface area contributed by atoms with Crippen LogP contribution in [0.1, 0.15) is 18.4 Å². The number of aliphatic hydroxyl groups excluding tert-OH is 1. The van der Waals surface area contributed by atoms with Gasteiger partial charge in [-0.15, -0.1) is 0 Å². The minimum atomic E-state index is -3.82. The fourth-order valence-electron chi connectivity index (χ4n) is 2.05. The smallest absolute Gasteiger partial charge is 0.241 e. The summed E-state index contributed by atoms with van der Waals surface area (Å²) in [5, 5.41) is 9.12. The molecule has 1 saturated carbocycles. The second kappa shape index (κ2) is 5.54. The van der Waals surface area contributed by atoms with Crippen molar-refractivity contribution in [2.45, 2.75) is 36.5 Å². The molecule has 1 aliphatic carbocycles. The lowest BCUT2D eigenvalue weighted by Crippen LogP contribution is -2.47. The van der Waals surface area contributed by atoms with E-state index in [9.17, 15) is 12.8 Å². The number of hydrogen-bond donors (Lipinski definition) is 2. The Hall–Kier alpha value is -1.02. The van der Waals surface area contributed by atoms with Crippen molar-refractivity contribution in [2.75, 3.05) is 7.11 Å². The van der Waals surface area contributed by atoms with Crippen LogP contribution in [0.5, 0.6) is 0 Å². The summed E-state index contributed by atoms with van der Waals surface area (Å²) in [5.74, 6) is -0.652. The standard InChI is InChI=1S/C12H16FNO4S/c1-18-11-5-10(6-11)14-19(16,17)12-4-9(13)3-2-8(12)7-15/h2-4,10-11,14-15H,5-7H2,1H3. The number of hydrogen-bond acceptors (Lipinski definition) is 4. The summed E-state index contributed by atoms with van der Waals surface area (Å²) in [6.45, 7) is -0.456. The number of benzene rings is 1. The molecule has 19 heavy (non-hydrogen) atoms. The van der Waals surface area contributed by atoms with Crippen LogP contribution in [0.15, 0.2) is 23.1 Å². The maximum Gasteiger partial charge on any atom is 0.241 e. The maximum absolute atomic E-state index is 13.2. The highest BCUT2D eigenvalue weighted by molar-refractivity contribution is 7.89. The van der Waals surface area contributed by atoms with E-state index >= 15 is 0 Å². The van der Waals surface area contributed by atoms with Crippen LogP contribution in [0, 0.1) is 5.82 Å². The molecule has 0 unspecified atom stereocenters. The van der Waals surface area contributed by atoms with E-state index in [1.54, 1.807) is 7.11 Å². The Morgan fingerprint density at radius 3 is 2.74 bits per heavy atom. The van der Waals surface area contributed by atoms with Gasteiger partial charge in [0.05, 0.1) is 17.6 Å². The lowest BCUT2D eigenvalue weighted by Gasteiger charge is -2.34. The van der Waals surface area contributed by atoms with Crippen molar-refractivity contribution in [1.29, 1.82) is 0 Å². The zero-order chi connectivity index (χ0) is 14.0. The summed E-state index contributed by atoms with van der Waals surface area (Å²) in [5.41, 5.74) is 0.177. The minimum Gasteiger partial charge on any atom is -0.392 e. The van der Waals surface area contributed by atoms with Gasteiger partial charge in [-0.25, -0.2) is 17.5 Å². The van der Waals surface area contributed by atoms with Gasteiger partial charge in [-0.2, -0.15) is 0 Å². The molecule has 0 aromatic heterocycles. The number of halogens is 1. The lowest BCUT2D eigenvalue weighted by atomic mass is 9.90. The number of methoxy groups -OCH3 is 1. The molecule has 106 valence electrons. The van der Waals surface area contributed by atoms with Crippen molar-refractivity contribution in [3.05, 3.63) is 29.6 Å². The molecule has 1 fully saturated rings. The van der Waals surface area contributed by atoms with E-state index in [-0.39, 0.29) is 22.6 Å². The molecular formula is C12H16FNO4S. The van der Waals surface area contributed by atoms with Crippen molar-refractivity contribution >= 4 is 10.0 Å². The van der Waals surface area contributed by atoms with Gasteiger partial charge in [-0.3, -0.25) is 0 Å². The lowest BCUT2D eigenvalue weighted by molar-refractivity contribution is 0.0236. The molecule has 0 heterocycles. The molecule has 0 spiro atoms. The van der Waals surface area contributed by atoms with Crippen molar-refractivity contribution in [3.8, 4) is 0 Å². The van der Waals surface area contributed by atoms with E-state index in [4.69, 9.17) is 9.84 Å². The SMILES string of the molecule is COC1CC(NS(=O)(=O)c2cc(F)ccc2CO)C1. The molecule has 1 aromatic rings. The van der Waals surface area contributed by atoms with Crippen LogP contribution in [0.2, 0.25) is 0 Å². The first-order valence-electron chi connectivity index (χ1n) is 5.90. The predicted octanol–water partition coefficient (Wildman–Crippen LogP) is 0.774. The van der Waals surface area contributed by atoms with Gasteiger partial charge in [-0.05, 0) is 30.5 Å². The highest BCUT2D eigenvalue weighted by atomic mass is 32.2. The minimum absolute atomic E-state index is 0.0671. The molecule has 0 radical (unpaired) electrons. The monoisotopic (exact) mass is 289 g/mol. The van der Waals surface area contributed by atoms with E-state index < -0.39 is 22.4 Å². The fourth-order valence-corrected chi connectivity index (χ4v) is 3.55. The summed E-state index contributed by atoms with van der Waals surface area (Å²) in [7, 11) is -2.25. The van der Waals surface area contributed by atoms with Crippen LogP contribution < -0.4 is 4.72 Å². The number of nitrogens with one attached hydrogen (secondary N) is 1. The Labute approximate surface area is 111 Å². The number of aliphatic hydroxyl groups is 1. The van der Waals surface area contributed by atoms with Gasteiger partial charge in [0.2, 0.25) is 10.0 Å². The Balaban J connectivity index is 2.18. The van der Waals surface area contributed by atoms with Crippen molar-refractivity contribution in [1.82, 2.24) is 4.72 Å². The molecule has 2 rings (SSSR count). The second-order valence-corrected chi connectivity index (χ2v) is 6.24. The third kappa shape index (κ3) is 3.11. The van der Waals surface area contributed by atoms with Gasteiger partial charge in [0, 0.05) is 13.2 Å². The first-order chi connectivity index (χ1) is 8.96. The zero-order valence-electron chi connectivity index (χ0n) is 10.5. The third-order valence-electron chi connectivity index (χ3n) is 3.24. The average Bonchev–Trinajstić information content (AvgIpc) is 2.33. The molecule has 2 N–H and O–H groups in total. The quantitative estimate of drug-likeness (QED) is 0.839. The third-order valence-corrected chi connectivity index (χ3v) is 4.84. The highest BCUT2D eigenvalue weighted by Crippen LogP contribution is 2.25. The normalized spacial score (nSPS) is 23.1. The van der Waals surface area contributed by atoms with Crippen molar-refractivity contribution < 1.29 is 22.7 Å². The van der Waals surface area contributed by atoms with Crippen LogP contribution in [-0.2, 0) is 21.4 Å². The molecule has 5 nitrogen and oxygen atoms in total. The second-order valence-electron chi connectivity index (χ2n) is 4.56.